The van der Waals surface area contributed by atoms with Gasteiger partial charge in [0.25, 0.3) is 0 Å². The zero-order chi connectivity index (χ0) is 19.8. The molecule has 1 atom stereocenters. The van der Waals surface area contributed by atoms with Crippen molar-refractivity contribution in [2.75, 3.05) is 13.1 Å². The third-order valence-corrected chi connectivity index (χ3v) is 5.35. The van der Waals surface area contributed by atoms with Gasteiger partial charge < -0.3 is 4.90 Å². The Hall–Kier alpha value is -2.12. The van der Waals surface area contributed by atoms with Crippen LogP contribution in [0.2, 0.25) is 0 Å². The second-order valence-electron chi connectivity index (χ2n) is 7.26. The third kappa shape index (κ3) is 3.94. The normalized spacial score (nSPS) is 18.5. The number of carbonyl (C=O) groups excluding carboxylic acids is 1. The van der Waals surface area contributed by atoms with Crippen LogP contribution in [-0.2, 0) is 11.0 Å². The van der Waals surface area contributed by atoms with E-state index in [1.54, 1.807) is 17.9 Å². The summed E-state index contributed by atoms with van der Waals surface area (Å²) < 4.78 is 41.4. The van der Waals surface area contributed by atoms with E-state index in [0.717, 1.165) is 36.3 Å². The summed E-state index contributed by atoms with van der Waals surface area (Å²) in [6, 6.07) is 2.64. The summed E-state index contributed by atoms with van der Waals surface area (Å²) in [4.78, 5) is 18.9. The van der Waals surface area contributed by atoms with E-state index in [2.05, 4.69) is 10.1 Å². The van der Waals surface area contributed by atoms with Crippen molar-refractivity contribution >= 4 is 11.6 Å². The van der Waals surface area contributed by atoms with Crippen LogP contribution in [0.3, 0.4) is 0 Å². The van der Waals surface area contributed by atoms with Gasteiger partial charge in [0.05, 0.1) is 5.69 Å². The Labute approximate surface area is 156 Å². The van der Waals surface area contributed by atoms with Crippen molar-refractivity contribution in [3.63, 3.8) is 0 Å². The van der Waals surface area contributed by atoms with Gasteiger partial charge in [0, 0.05) is 36.7 Å². The van der Waals surface area contributed by atoms with Gasteiger partial charge in [0.2, 0.25) is 5.91 Å². The highest BCUT2D eigenvalue weighted by atomic mass is 19.4. The number of aromatic nitrogens is 3. The Morgan fingerprint density at radius 3 is 2.63 bits per heavy atom. The summed E-state index contributed by atoms with van der Waals surface area (Å²) in [7, 11) is 0. The minimum Gasteiger partial charge on any atom is -0.342 e. The van der Waals surface area contributed by atoms with Crippen molar-refractivity contribution in [2.24, 2.45) is 5.92 Å². The molecule has 27 heavy (non-hydrogen) atoms. The largest absolute Gasteiger partial charge is 0.433 e. The van der Waals surface area contributed by atoms with Gasteiger partial charge in [-0.1, -0.05) is 13.8 Å². The average Bonchev–Trinajstić information content (AvgIpc) is 3.01. The summed E-state index contributed by atoms with van der Waals surface area (Å²) in [5.74, 6) is -0.122. The molecule has 3 heterocycles. The van der Waals surface area contributed by atoms with E-state index < -0.39 is 11.9 Å². The molecule has 0 unspecified atom stereocenters. The quantitative estimate of drug-likeness (QED) is 0.796. The maximum absolute atomic E-state index is 13.5. The maximum atomic E-state index is 13.5. The van der Waals surface area contributed by atoms with Crippen LogP contribution in [-0.4, -0.2) is 38.5 Å². The minimum absolute atomic E-state index is 0.0256. The van der Waals surface area contributed by atoms with Gasteiger partial charge in [0.15, 0.2) is 5.65 Å². The van der Waals surface area contributed by atoms with Crippen LogP contribution in [0, 0.1) is 12.8 Å². The molecule has 2 aromatic heterocycles. The van der Waals surface area contributed by atoms with Crippen LogP contribution in [0.25, 0.3) is 5.65 Å². The van der Waals surface area contributed by atoms with Crippen molar-refractivity contribution in [1.29, 1.82) is 0 Å². The smallest absolute Gasteiger partial charge is 0.342 e. The van der Waals surface area contributed by atoms with Crippen LogP contribution in [0.4, 0.5) is 13.2 Å². The molecular formula is C19H25F3N4O. The number of fused-ring (bicyclic) bond motifs is 1. The van der Waals surface area contributed by atoms with Crippen molar-refractivity contribution in [2.45, 2.75) is 58.5 Å². The Bertz CT molecular complexity index is 826. The molecule has 1 aliphatic rings. The van der Waals surface area contributed by atoms with Crippen LogP contribution >= 0.6 is 0 Å². The number of carbonyl (C=O) groups is 1. The number of aryl methyl sites for hydroxylation is 1. The van der Waals surface area contributed by atoms with E-state index in [9.17, 15) is 18.0 Å². The molecule has 3 rings (SSSR count). The molecule has 8 heteroatoms. The molecule has 2 aromatic rings. The van der Waals surface area contributed by atoms with E-state index in [1.807, 2.05) is 13.8 Å². The maximum Gasteiger partial charge on any atom is 0.433 e. The lowest BCUT2D eigenvalue weighted by molar-refractivity contribution is -0.143. The molecule has 5 nitrogen and oxygen atoms in total. The van der Waals surface area contributed by atoms with Crippen LogP contribution in [0.1, 0.15) is 62.5 Å². The lowest BCUT2D eigenvalue weighted by atomic mass is 9.92. The van der Waals surface area contributed by atoms with Crippen LogP contribution < -0.4 is 0 Å². The molecule has 0 N–H and O–H groups in total. The molecule has 1 fully saturated rings. The second kappa shape index (κ2) is 7.48. The molecular weight excluding hydrogens is 357 g/mol. The van der Waals surface area contributed by atoms with E-state index in [0.29, 0.717) is 24.5 Å². The zero-order valence-electron chi connectivity index (χ0n) is 15.9. The molecule has 0 bridgehead atoms. The van der Waals surface area contributed by atoms with E-state index in [4.69, 9.17) is 0 Å². The summed E-state index contributed by atoms with van der Waals surface area (Å²) in [6.07, 6.45) is -1.49. The van der Waals surface area contributed by atoms with E-state index >= 15 is 0 Å². The fourth-order valence-electron chi connectivity index (χ4n) is 3.83. The number of piperidine rings is 1. The number of alkyl halides is 3. The Balaban J connectivity index is 1.93. The number of likely N-dealkylation sites (tertiary alicyclic amines) is 1. The van der Waals surface area contributed by atoms with Crippen molar-refractivity contribution in [3.8, 4) is 0 Å². The first-order valence-electron chi connectivity index (χ1n) is 9.47. The van der Waals surface area contributed by atoms with Gasteiger partial charge in [-0.3, -0.25) is 4.79 Å². The fourth-order valence-corrected chi connectivity index (χ4v) is 3.83. The molecule has 0 radical (unpaired) electrons. The lowest BCUT2D eigenvalue weighted by Crippen LogP contribution is -2.42. The molecule has 0 saturated carbocycles. The van der Waals surface area contributed by atoms with Gasteiger partial charge in [-0.15, -0.1) is 0 Å². The first-order chi connectivity index (χ1) is 12.7. The molecule has 0 aromatic carbocycles. The molecule has 1 amide bonds. The predicted octanol–water partition coefficient (Wildman–Crippen LogP) is 4.20. The van der Waals surface area contributed by atoms with Crippen molar-refractivity contribution in [1.82, 2.24) is 19.5 Å². The van der Waals surface area contributed by atoms with E-state index in [1.165, 1.54) is 0 Å². The Kier molecular flexibility index (Phi) is 5.44. The number of hydrogen-bond acceptors (Lipinski definition) is 3. The monoisotopic (exact) mass is 382 g/mol. The van der Waals surface area contributed by atoms with Crippen molar-refractivity contribution < 1.29 is 18.0 Å². The zero-order valence-corrected chi connectivity index (χ0v) is 15.9. The topological polar surface area (TPSA) is 50.5 Å². The molecule has 1 saturated heterocycles. The predicted molar refractivity (Wildman–Crippen MR) is 95.4 cm³/mol. The third-order valence-electron chi connectivity index (χ3n) is 5.35. The summed E-state index contributed by atoms with van der Waals surface area (Å²) in [5.41, 5.74) is 0.246. The number of halogens is 3. The highest BCUT2D eigenvalue weighted by Crippen LogP contribution is 2.34. The average molecular weight is 382 g/mol. The van der Waals surface area contributed by atoms with Gasteiger partial charge in [-0.05, 0) is 38.7 Å². The molecule has 0 aliphatic carbocycles. The number of rotatable bonds is 4. The molecule has 0 spiro atoms. The minimum atomic E-state index is -4.52. The van der Waals surface area contributed by atoms with Gasteiger partial charge in [-0.25, -0.2) is 9.50 Å². The van der Waals surface area contributed by atoms with Gasteiger partial charge in [-0.2, -0.15) is 18.3 Å². The van der Waals surface area contributed by atoms with Crippen LogP contribution in [0.5, 0.6) is 0 Å². The number of amides is 1. The Morgan fingerprint density at radius 1 is 1.30 bits per heavy atom. The second-order valence-corrected chi connectivity index (χ2v) is 7.26. The first kappa shape index (κ1) is 19.6. The van der Waals surface area contributed by atoms with Crippen molar-refractivity contribution in [3.05, 3.63) is 29.2 Å². The van der Waals surface area contributed by atoms with Crippen LogP contribution in [0.15, 0.2) is 12.1 Å². The Morgan fingerprint density at radius 2 is 2.00 bits per heavy atom. The van der Waals surface area contributed by atoms with E-state index in [-0.39, 0.29) is 23.4 Å². The lowest BCUT2D eigenvalue weighted by Gasteiger charge is -2.34. The number of nitrogens with zero attached hydrogens (tertiary/aromatic N) is 4. The highest BCUT2D eigenvalue weighted by Gasteiger charge is 2.36. The molecule has 148 valence electrons. The SMILES string of the molecule is CCC(CC)C(=O)N1CCC[C@@H](c2cc(C(F)(F)F)n3nc(C)cc3n2)C1. The fraction of sp³-hybridized carbons (Fsp3) is 0.632. The van der Waals surface area contributed by atoms with Gasteiger partial charge in [0.1, 0.15) is 5.69 Å². The summed E-state index contributed by atoms with van der Waals surface area (Å²) in [5, 5.41) is 3.92. The molecule has 1 aliphatic heterocycles. The number of hydrogen-bond donors (Lipinski definition) is 0. The van der Waals surface area contributed by atoms with Gasteiger partial charge >= 0.3 is 6.18 Å². The summed E-state index contributed by atoms with van der Waals surface area (Å²) >= 11 is 0. The highest BCUT2D eigenvalue weighted by molar-refractivity contribution is 5.79. The summed E-state index contributed by atoms with van der Waals surface area (Å²) in [6.45, 7) is 6.70. The first-order valence-corrected chi connectivity index (χ1v) is 9.47. The standard InChI is InChI=1S/C19H25F3N4O/c1-4-13(5-2)18(27)25-8-6-7-14(11-25)15-10-16(19(20,21)22)26-17(23-15)9-12(3)24-26/h9-10,13-14H,4-8,11H2,1-3H3/t14-/m1/s1.